The molecule has 1 aliphatic heterocycles. The van der Waals surface area contributed by atoms with Gasteiger partial charge in [-0.05, 0) is 37.1 Å². The number of carbonyl (C=O) groups is 2. The Morgan fingerprint density at radius 2 is 1.63 bits per heavy atom. The number of carbonyl (C=O) groups excluding carboxylic acids is 2. The van der Waals surface area contributed by atoms with Crippen LogP contribution < -0.4 is 20.4 Å². The second kappa shape index (κ2) is 9.36. The number of halogens is 1. The molecule has 1 aliphatic carbocycles. The van der Waals surface area contributed by atoms with E-state index in [1.807, 2.05) is 30.3 Å². The van der Waals surface area contributed by atoms with Gasteiger partial charge in [0.15, 0.2) is 12.6 Å². The molecule has 1 saturated carbocycles. The summed E-state index contributed by atoms with van der Waals surface area (Å²) in [5, 5.41) is 5.99. The molecular formula is C23H29FN4O2+2. The molecule has 0 bridgehead atoms. The number of rotatable bonds is 7. The van der Waals surface area contributed by atoms with E-state index in [1.54, 1.807) is 12.1 Å². The second-order valence-electron chi connectivity index (χ2n) is 8.27. The third kappa shape index (κ3) is 5.43. The van der Waals surface area contributed by atoms with Crippen LogP contribution in [0.5, 0.6) is 0 Å². The Hall–Kier alpha value is -2.77. The molecule has 158 valence electrons. The van der Waals surface area contributed by atoms with Crippen molar-refractivity contribution in [2.24, 2.45) is 0 Å². The normalized spacial score (nSPS) is 22.2. The molecule has 0 unspecified atom stereocenters. The number of quaternary nitrogens is 2. The molecular weight excluding hydrogens is 383 g/mol. The average molecular weight is 413 g/mol. The van der Waals surface area contributed by atoms with Gasteiger partial charge in [-0.2, -0.15) is 0 Å². The summed E-state index contributed by atoms with van der Waals surface area (Å²) in [6, 6.07) is 15.9. The van der Waals surface area contributed by atoms with Crippen LogP contribution in [0.25, 0.3) is 0 Å². The van der Waals surface area contributed by atoms with E-state index in [1.165, 1.54) is 21.9 Å². The summed E-state index contributed by atoms with van der Waals surface area (Å²) < 4.78 is 13.0. The molecule has 0 aromatic heterocycles. The van der Waals surface area contributed by atoms with Crippen LogP contribution in [0.15, 0.2) is 54.6 Å². The van der Waals surface area contributed by atoms with Gasteiger partial charge >= 0.3 is 0 Å². The Morgan fingerprint density at radius 3 is 2.27 bits per heavy atom. The standard InChI is InChI=1S/C23H27FN4O2/c24-18-6-8-19(9-7-18)25-21(29)16-27-12-14-28(15-13-27)22(17-4-2-1-3-5-17)23(30)26-20-10-11-20/h1-9,20,22H,10-16H2,(H,25,29)(H,26,30)/p+2/t22-/m0/s1. The van der Waals surface area contributed by atoms with Crippen molar-refractivity contribution in [2.75, 3.05) is 38.0 Å². The summed E-state index contributed by atoms with van der Waals surface area (Å²) in [6.45, 7) is 3.68. The summed E-state index contributed by atoms with van der Waals surface area (Å²) in [7, 11) is 0. The summed E-state index contributed by atoms with van der Waals surface area (Å²) in [6.07, 6.45) is 2.15. The maximum atomic E-state index is 13.0. The van der Waals surface area contributed by atoms with Crippen LogP contribution in [0.4, 0.5) is 10.1 Å². The summed E-state index contributed by atoms with van der Waals surface area (Å²) in [5.41, 5.74) is 1.65. The lowest BCUT2D eigenvalue weighted by Gasteiger charge is -2.34. The van der Waals surface area contributed by atoms with Crippen LogP contribution in [0.1, 0.15) is 24.4 Å². The van der Waals surface area contributed by atoms with E-state index >= 15 is 0 Å². The fourth-order valence-electron chi connectivity index (χ4n) is 4.09. The van der Waals surface area contributed by atoms with Gasteiger partial charge in [-0.25, -0.2) is 4.39 Å². The molecule has 1 saturated heterocycles. The van der Waals surface area contributed by atoms with Crippen molar-refractivity contribution in [1.29, 1.82) is 0 Å². The lowest BCUT2D eigenvalue weighted by atomic mass is 10.0. The molecule has 30 heavy (non-hydrogen) atoms. The molecule has 2 aromatic rings. The molecule has 6 nitrogen and oxygen atoms in total. The number of piperazine rings is 1. The van der Waals surface area contributed by atoms with Crippen molar-refractivity contribution >= 4 is 17.5 Å². The highest BCUT2D eigenvalue weighted by Gasteiger charge is 2.38. The highest BCUT2D eigenvalue weighted by atomic mass is 19.1. The van der Waals surface area contributed by atoms with Gasteiger partial charge in [0.25, 0.3) is 11.8 Å². The fraction of sp³-hybridized carbons (Fsp3) is 0.391. The number of amides is 2. The molecule has 4 N–H and O–H groups in total. The number of anilines is 1. The molecule has 0 spiro atoms. The molecule has 2 amide bonds. The zero-order chi connectivity index (χ0) is 20.9. The fourth-order valence-corrected chi connectivity index (χ4v) is 4.09. The van der Waals surface area contributed by atoms with E-state index in [0.717, 1.165) is 44.6 Å². The first kappa shape index (κ1) is 20.5. The SMILES string of the molecule is O=C(C[NH+]1CC[NH+]([C@H](C(=O)NC2CC2)c2ccccc2)CC1)Nc1ccc(F)cc1. The Labute approximate surface area is 176 Å². The first-order chi connectivity index (χ1) is 14.6. The minimum absolute atomic E-state index is 0.0776. The predicted molar refractivity (Wildman–Crippen MR) is 112 cm³/mol. The third-order valence-corrected chi connectivity index (χ3v) is 5.86. The van der Waals surface area contributed by atoms with Gasteiger partial charge in [0.05, 0.1) is 0 Å². The molecule has 4 rings (SSSR count). The molecule has 7 heteroatoms. The number of hydrogen-bond acceptors (Lipinski definition) is 2. The van der Waals surface area contributed by atoms with E-state index in [9.17, 15) is 14.0 Å². The maximum absolute atomic E-state index is 13.0. The van der Waals surface area contributed by atoms with Crippen molar-refractivity contribution < 1.29 is 23.8 Å². The van der Waals surface area contributed by atoms with E-state index in [4.69, 9.17) is 0 Å². The van der Waals surface area contributed by atoms with Gasteiger partial charge in [-0.1, -0.05) is 30.3 Å². The zero-order valence-corrected chi connectivity index (χ0v) is 17.0. The molecule has 1 atom stereocenters. The quantitative estimate of drug-likeness (QED) is 0.499. The van der Waals surface area contributed by atoms with Crippen LogP contribution in [0.2, 0.25) is 0 Å². The summed E-state index contributed by atoms with van der Waals surface area (Å²) in [4.78, 5) is 27.7. The largest absolute Gasteiger partial charge is 0.348 e. The Bertz CT molecular complexity index is 863. The number of benzene rings is 2. The van der Waals surface area contributed by atoms with Gasteiger partial charge < -0.3 is 20.4 Å². The number of nitrogens with one attached hydrogen (secondary N) is 4. The van der Waals surface area contributed by atoms with Gasteiger partial charge in [-0.3, -0.25) is 9.59 Å². The van der Waals surface area contributed by atoms with E-state index < -0.39 is 0 Å². The topological polar surface area (TPSA) is 67.1 Å². The van der Waals surface area contributed by atoms with Crippen molar-refractivity contribution in [1.82, 2.24) is 5.32 Å². The van der Waals surface area contributed by atoms with E-state index in [0.29, 0.717) is 18.3 Å². The predicted octanol–water partition coefficient (Wildman–Crippen LogP) is -0.432. The monoisotopic (exact) mass is 412 g/mol. The van der Waals surface area contributed by atoms with Crippen LogP contribution in [0.3, 0.4) is 0 Å². The van der Waals surface area contributed by atoms with Crippen molar-refractivity contribution in [2.45, 2.75) is 24.9 Å². The third-order valence-electron chi connectivity index (χ3n) is 5.86. The molecule has 0 radical (unpaired) electrons. The first-order valence-electron chi connectivity index (χ1n) is 10.7. The van der Waals surface area contributed by atoms with Gasteiger partial charge in [-0.15, -0.1) is 0 Å². The van der Waals surface area contributed by atoms with Crippen LogP contribution in [-0.4, -0.2) is 50.6 Å². The highest BCUT2D eigenvalue weighted by Crippen LogP contribution is 2.20. The lowest BCUT2D eigenvalue weighted by molar-refractivity contribution is -1.02. The van der Waals surface area contributed by atoms with E-state index in [-0.39, 0.29) is 23.7 Å². The van der Waals surface area contributed by atoms with Gasteiger partial charge in [0.1, 0.15) is 32.0 Å². The van der Waals surface area contributed by atoms with Gasteiger partial charge in [0, 0.05) is 17.3 Å². The van der Waals surface area contributed by atoms with Crippen molar-refractivity contribution in [3.63, 3.8) is 0 Å². The Balaban J connectivity index is 1.32. The number of hydrogen-bond donors (Lipinski definition) is 4. The minimum Gasteiger partial charge on any atom is -0.348 e. The Morgan fingerprint density at radius 1 is 0.967 bits per heavy atom. The van der Waals surface area contributed by atoms with Crippen molar-refractivity contribution in [3.8, 4) is 0 Å². The van der Waals surface area contributed by atoms with Crippen molar-refractivity contribution in [3.05, 3.63) is 66.0 Å². The maximum Gasteiger partial charge on any atom is 0.283 e. The van der Waals surface area contributed by atoms with Crippen LogP contribution in [-0.2, 0) is 9.59 Å². The van der Waals surface area contributed by atoms with Gasteiger partial charge in [0.2, 0.25) is 0 Å². The molecule has 2 aromatic carbocycles. The summed E-state index contributed by atoms with van der Waals surface area (Å²) in [5.74, 6) is -0.293. The Kier molecular flexibility index (Phi) is 6.40. The van der Waals surface area contributed by atoms with Crippen LogP contribution in [0, 0.1) is 5.82 Å². The molecule has 1 heterocycles. The average Bonchev–Trinajstić information content (AvgIpc) is 3.56. The minimum atomic E-state index is -0.323. The zero-order valence-electron chi connectivity index (χ0n) is 17.0. The first-order valence-corrected chi connectivity index (χ1v) is 10.7. The highest BCUT2D eigenvalue weighted by molar-refractivity contribution is 5.91. The van der Waals surface area contributed by atoms with E-state index in [2.05, 4.69) is 10.6 Å². The summed E-state index contributed by atoms with van der Waals surface area (Å²) >= 11 is 0. The lowest BCUT2D eigenvalue weighted by Crippen LogP contribution is -3.28. The smallest absolute Gasteiger partial charge is 0.283 e. The molecule has 2 aliphatic rings. The van der Waals surface area contributed by atoms with Crippen LogP contribution >= 0.6 is 0 Å². The second-order valence-corrected chi connectivity index (χ2v) is 8.27. The molecule has 2 fully saturated rings.